The first kappa shape index (κ1) is 65.8. The third-order valence-electron chi connectivity index (χ3n) is 22.9. The van der Waals surface area contributed by atoms with Gasteiger partial charge in [-0.25, -0.2) is 0 Å². The van der Waals surface area contributed by atoms with Crippen molar-refractivity contribution in [2.24, 2.45) is 0 Å². The topological polar surface area (TPSA) is 42.6 Å². The van der Waals surface area contributed by atoms with Crippen LogP contribution in [0.5, 0.6) is 0 Å². The predicted octanol–water partition coefficient (Wildman–Crippen LogP) is 30.3. The Morgan fingerprint density at radius 2 is 0.430 bits per heavy atom. The van der Waals surface area contributed by atoms with Crippen molar-refractivity contribution in [3.05, 3.63) is 425 Å². The second kappa shape index (κ2) is 27.4. The van der Waals surface area contributed by atoms with Gasteiger partial charge in [0.25, 0.3) is 0 Å². The summed E-state index contributed by atoms with van der Waals surface area (Å²) in [5, 5.41) is 9.38. The van der Waals surface area contributed by atoms with Crippen LogP contribution in [0, 0.1) is 0 Å². The number of aromatic nitrogens is 2. The Morgan fingerprint density at radius 3 is 0.789 bits per heavy atom. The summed E-state index contributed by atoms with van der Waals surface area (Å²) in [6.07, 6.45) is 0. The molecule has 0 radical (unpaired) electrons. The van der Waals surface area contributed by atoms with Crippen LogP contribution in [0.25, 0.3) is 177 Å². The quantitative estimate of drug-likeness (QED) is 0.103. The third-order valence-corrected chi connectivity index (χ3v) is 22.9. The van der Waals surface area contributed by atoms with Crippen LogP contribution in [-0.4, -0.2) is 9.13 Å². The maximum absolute atomic E-state index is 6.54. The molecule has 6 heteroatoms. The highest BCUT2D eigenvalue weighted by Crippen LogP contribution is 2.46. The van der Waals surface area contributed by atoms with Crippen molar-refractivity contribution in [2.75, 3.05) is 9.80 Å². The second-order valence-electron chi connectivity index (χ2n) is 29.5. The predicted molar refractivity (Wildman–Crippen MR) is 477 cm³/mol. The molecule has 0 unspecified atom stereocenters. The van der Waals surface area contributed by atoms with Crippen molar-refractivity contribution in [3.8, 4) is 89.3 Å². The Balaban J connectivity index is 0.569. The Kier molecular flexibility index (Phi) is 15.8. The number of hydrogen-bond acceptors (Lipinski definition) is 4. The summed E-state index contributed by atoms with van der Waals surface area (Å²) in [7, 11) is 0. The molecule has 22 rings (SSSR count). The van der Waals surface area contributed by atoms with Crippen molar-refractivity contribution < 1.29 is 8.83 Å². The van der Waals surface area contributed by atoms with Gasteiger partial charge in [0, 0.05) is 99.7 Å². The van der Waals surface area contributed by atoms with Gasteiger partial charge in [-0.05, 0) is 224 Å². The molecule has 0 aliphatic rings. The third kappa shape index (κ3) is 11.4. The maximum Gasteiger partial charge on any atom is 0.143 e. The monoisotopic (exact) mass is 1450 g/mol. The molecule has 0 spiro atoms. The molecule has 0 saturated carbocycles. The van der Waals surface area contributed by atoms with Crippen molar-refractivity contribution in [2.45, 2.75) is 0 Å². The zero-order chi connectivity index (χ0) is 75.2. The zero-order valence-corrected chi connectivity index (χ0v) is 62.0. The molecule has 0 fully saturated rings. The first-order chi connectivity index (χ1) is 56.5. The first-order valence-corrected chi connectivity index (χ1v) is 38.9. The number of benzene rings is 18. The van der Waals surface area contributed by atoms with Crippen LogP contribution in [0.15, 0.2) is 433 Å². The van der Waals surface area contributed by atoms with Gasteiger partial charge >= 0.3 is 0 Å². The van der Waals surface area contributed by atoms with E-state index in [-0.39, 0.29) is 0 Å². The summed E-state index contributed by atoms with van der Waals surface area (Å²) < 4.78 is 17.8. The van der Waals surface area contributed by atoms with Gasteiger partial charge in [0.05, 0.1) is 22.1 Å². The molecule has 6 nitrogen and oxygen atoms in total. The molecule has 4 heterocycles. The van der Waals surface area contributed by atoms with Crippen LogP contribution < -0.4 is 9.80 Å². The number of nitrogens with zero attached hydrogens (tertiary/aromatic N) is 4. The van der Waals surface area contributed by atoms with E-state index in [1.807, 2.05) is 24.3 Å². The summed E-state index contributed by atoms with van der Waals surface area (Å²) in [5.74, 6) is 0. The van der Waals surface area contributed by atoms with Crippen molar-refractivity contribution in [1.29, 1.82) is 0 Å². The van der Waals surface area contributed by atoms with E-state index in [4.69, 9.17) is 8.83 Å². The van der Waals surface area contributed by atoms with Gasteiger partial charge in [-0.1, -0.05) is 267 Å². The number of para-hydroxylation sites is 8. The van der Waals surface area contributed by atoms with E-state index >= 15 is 0 Å². The highest BCUT2D eigenvalue weighted by Gasteiger charge is 2.22. The van der Waals surface area contributed by atoms with Crippen LogP contribution in [-0.2, 0) is 0 Å². The Labute approximate surface area is 659 Å². The lowest BCUT2D eigenvalue weighted by Crippen LogP contribution is -2.09. The SMILES string of the molecule is c1ccc(-n2c3ccccc3c3cc(-c4ccc(N(c5ccc(-c6cccc(-c7cccc(-c8ccc(N(c9ccc(-c%10ccc%11c(c%10)c%10ccccc%10n%11-c%10ccccc%10)cc9)c9ccc(-c%10cccc%11c%10oc%10ccccc%10%11)cc9)cc8)c7)c6)cc5)c5ccc(-c6cccc7c6oc6ccccc67)cc5)cc4)ccc32)cc1. The van der Waals surface area contributed by atoms with Crippen molar-refractivity contribution in [3.63, 3.8) is 0 Å². The molecule has 4 aromatic heterocycles. The molecule has 0 aliphatic carbocycles. The molecule has 0 atom stereocenters. The Bertz CT molecular complexity index is 6970. The molecule has 18 aromatic carbocycles. The van der Waals surface area contributed by atoms with Crippen LogP contribution >= 0.6 is 0 Å². The van der Waals surface area contributed by atoms with Gasteiger partial charge in [0.2, 0.25) is 0 Å². The molecule has 0 amide bonds. The standard InChI is InChI=1S/C108H70N4O2/c1-3-23-83(24-4-1)111-101-35-11-7-27-93(101)99-69-81(51-65-103(99)111)73-43-57-87(58-44-73)109(89-61-47-75(48-62-89)91-31-17-33-97-95-29-9-13-37-105(95)113-107(91)97)85-53-39-71(40-54-85)77-19-15-21-79(67-77)80-22-16-20-78(68-80)72-41-55-86(56-42-72)110(90-63-49-76(50-64-90)92-32-18-34-98-96-30-10-14-38-106(96)114-108(92)98)88-59-45-74(46-60-88)82-52-66-104-100(70-82)94-28-8-12-36-102(94)112(104)84-25-5-2-6-26-84/h1-70H. The molecule has 0 aliphatic heterocycles. The number of furan rings is 2. The lowest BCUT2D eigenvalue weighted by atomic mass is 9.96. The maximum atomic E-state index is 6.54. The molecule has 0 N–H and O–H groups in total. The highest BCUT2D eigenvalue weighted by molar-refractivity contribution is 6.14. The van der Waals surface area contributed by atoms with E-state index in [0.717, 1.165) is 156 Å². The second-order valence-corrected chi connectivity index (χ2v) is 29.5. The minimum atomic E-state index is 0.889. The first-order valence-electron chi connectivity index (χ1n) is 38.9. The van der Waals surface area contributed by atoms with Crippen LogP contribution in [0.1, 0.15) is 0 Å². The lowest BCUT2D eigenvalue weighted by Gasteiger charge is -2.26. The van der Waals surface area contributed by atoms with Crippen molar-refractivity contribution >= 4 is 122 Å². The fraction of sp³-hybridized carbons (Fsp3) is 0. The van der Waals surface area contributed by atoms with E-state index < -0.39 is 0 Å². The van der Waals surface area contributed by atoms with Gasteiger partial charge in [0.15, 0.2) is 0 Å². The van der Waals surface area contributed by atoms with Gasteiger partial charge in [-0.3, -0.25) is 0 Å². The zero-order valence-electron chi connectivity index (χ0n) is 62.0. The van der Waals surface area contributed by atoms with Gasteiger partial charge in [-0.15, -0.1) is 0 Å². The number of fused-ring (bicyclic) bond motifs is 12. The Hall–Kier alpha value is -15.2. The summed E-state index contributed by atoms with van der Waals surface area (Å²) in [6.45, 7) is 0. The van der Waals surface area contributed by atoms with Gasteiger partial charge in [-0.2, -0.15) is 0 Å². The lowest BCUT2D eigenvalue weighted by molar-refractivity contribution is 0.669. The van der Waals surface area contributed by atoms with E-state index in [1.165, 1.54) is 54.7 Å². The van der Waals surface area contributed by atoms with Gasteiger partial charge < -0.3 is 27.8 Å². The minimum absolute atomic E-state index is 0.889. The number of rotatable bonds is 15. The van der Waals surface area contributed by atoms with Crippen LogP contribution in [0.2, 0.25) is 0 Å². The molecular formula is C108H70N4O2. The molecule has 22 aromatic rings. The summed E-state index contributed by atoms with van der Waals surface area (Å²) in [6, 6.07) is 154. The van der Waals surface area contributed by atoms with E-state index in [2.05, 4.69) is 419 Å². The average molecular weight is 1460 g/mol. The summed E-state index contributed by atoms with van der Waals surface area (Å²) in [4.78, 5) is 4.72. The number of hydrogen-bond donors (Lipinski definition) is 0. The molecule has 114 heavy (non-hydrogen) atoms. The molecular weight excluding hydrogens is 1390 g/mol. The minimum Gasteiger partial charge on any atom is -0.455 e. The molecule has 0 saturated heterocycles. The van der Waals surface area contributed by atoms with E-state index in [9.17, 15) is 0 Å². The smallest absolute Gasteiger partial charge is 0.143 e. The summed E-state index contributed by atoms with van der Waals surface area (Å²) >= 11 is 0. The van der Waals surface area contributed by atoms with Crippen molar-refractivity contribution in [1.82, 2.24) is 9.13 Å². The van der Waals surface area contributed by atoms with Crippen LogP contribution in [0.3, 0.4) is 0 Å². The molecule has 0 bridgehead atoms. The highest BCUT2D eigenvalue weighted by atomic mass is 16.3. The van der Waals surface area contributed by atoms with Crippen LogP contribution in [0.4, 0.5) is 34.1 Å². The van der Waals surface area contributed by atoms with Gasteiger partial charge in [0.1, 0.15) is 22.3 Å². The van der Waals surface area contributed by atoms with E-state index in [0.29, 0.717) is 0 Å². The number of anilines is 6. The normalized spacial score (nSPS) is 11.7. The Morgan fingerprint density at radius 1 is 0.167 bits per heavy atom. The summed E-state index contributed by atoms with van der Waals surface area (Å²) in [5.41, 5.74) is 32.6. The molecule has 534 valence electrons. The largest absolute Gasteiger partial charge is 0.455 e. The fourth-order valence-electron chi connectivity index (χ4n) is 17.4. The fourth-order valence-corrected chi connectivity index (χ4v) is 17.4. The average Bonchev–Trinajstić information content (AvgIpc) is 1.60. The van der Waals surface area contributed by atoms with E-state index in [1.54, 1.807) is 0 Å².